The normalized spacial score (nSPS) is 18.6. The maximum absolute atomic E-state index is 14.4. The number of nitrogens with one attached hydrogen (secondary N) is 5. The molecule has 0 saturated carbocycles. The molecule has 50 heavy (non-hydrogen) atoms. The van der Waals surface area contributed by atoms with E-state index in [0.717, 1.165) is 18.4 Å². The zero-order valence-electron chi connectivity index (χ0n) is 31.8. The summed E-state index contributed by atoms with van der Waals surface area (Å²) in [5.41, 5.74) is -0.0831. The molecule has 1 fully saturated rings. The first-order valence-electron chi connectivity index (χ1n) is 17.8. The summed E-state index contributed by atoms with van der Waals surface area (Å²) in [6.07, 6.45) is 6.91. The third-order valence-corrected chi connectivity index (χ3v) is 9.39. The molecule has 0 bridgehead atoms. The minimum absolute atomic E-state index is 0.115. The number of unbranched alkanes of at least 4 members (excludes halogenated alkanes) is 2. The van der Waals surface area contributed by atoms with Crippen LogP contribution >= 0.6 is 0 Å². The zero-order chi connectivity index (χ0) is 38.2. The Morgan fingerprint density at radius 1 is 0.980 bits per heavy atom. The van der Waals surface area contributed by atoms with E-state index in [1.54, 1.807) is 0 Å². The van der Waals surface area contributed by atoms with Gasteiger partial charge in [-0.2, -0.15) is 4.55 Å². The molecule has 286 valence electrons. The van der Waals surface area contributed by atoms with Gasteiger partial charge in [0.2, 0.25) is 28.7 Å². The van der Waals surface area contributed by atoms with Crippen molar-refractivity contribution in [3.8, 4) is 0 Å². The van der Waals surface area contributed by atoms with Gasteiger partial charge in [-0.3, -0.25) is 19.2 Å². The average molecular weight is 726 g/mol. The molecule has 0 aliphatic carbocycles. The molecule has 5 amide bonds. The molecule has 1 aliphatic heterocycles. The highest BCUT2D eigenvalue weighted by Gasteiger charge is 2.46. The fourth-order valence-corrected chi connectivity index (χ4v) is 6.30. The number of likely N-dealkylation sites (tertiary alicyclic amines) is 1. The van der Waals surface area contributed by atoms with Crippen LogP contribution in [0.3, 0.4) is 0 Å². The third-order valence-electron chi connectivity index (χ3n) is 8.69. The number of allylic oxidation sites excluding steroid dienone is 1. The van der Waals surface area contributed by atoms with Gasteiger partial charge in [0.25, 0.3) is 5.91 Å². The number of Topliss-reactive ketones (excluding diaryl/α,β-unsaturated/α-hetero) is 1. The van der Waals surface area contributed by atoms with E-state index in [1.807, 2.05) is 68.4 Å². The number of carbonyl (C=O) groups excluding carboxylic acids is 5. The number of thiol groups is 1. The summed E-state index contributed by atoms with van der Waals surface area (Å²) >= 11 is -2.15. The van der Waals surface area contributed by atoms with Gasteiger partial charge >= 0.3 is 6.03 Å². The maximum Gasteiger partial charge on any atom is 0.315 e. The van der Waals surface area contributed by atoms with Crippen LogP contribution < -0.4 is 26.6 Å². The number of rotatable bonds is 20. The second-order valence-electron chi connectivity index (χ2n) is 15.6. The second-order valence-corrected chi connectivity index (χ2v) is 16.7. The Morgan fingerprint density at radius 2 is 1.64 bits per heavy atom. The summed E-state index contributed by atoms with van der Waals surface area (Å²) in [4.78, 5) is 69.1. The topological polar surface area (TPSA) is 186 Å². The Kier molecular flexibility index (Phi) is 19.1. The number of amides is 5. The summed E-state index contributed by atoms with van der Waals surface area (Å²) in [6.45, 7) is 22.3. The fourth-order valence-electron chi connectivity index (χ4n) is 5.81. The largest absolute Gasteiger partial charge is 0.346 e. The number of urea groups is 1. The lowest BCUT2D eigenvalue weighted by Gasteiger charge is -2.37. The van der Waals surface area contributed by atoms with E-state index >= 15 is 0 Å². The van der Waals surface area contributed by atoms with Gasteiger partial charge in [-0.15, -0.1) is 6.58 Å². The maximum atomic E-state index is 14.4. The highest BCUT2D eigenvalue weighted by Crippen LogP contribution is 2.31. The van der Waals surface area contributed by atoms with Crippen LogP contribution in [0.25, 0.3) is 0 Å². The Hall–Kier alpha value is -3.10. The predicted molar refractivity (Wildman–Crippen MR) is 200 cm³/mol. The van der Waals surface area contributed by atoms with E-state index in [1.165, 1.54) is 11.0 Å². The Bertz CT molecular complexity index is 1220. The van der Waals surface area contributed by atoms with Gasteiger partial charge in [0.05, 0.1) is 6.04 Å². The molecule has 0 spiro atoms. The SMILES string of the molecule is C=CCNC(=O)C(=O)C(CCCC)NC(=O)[C@@H]1[C@@H](C=C(C)C)CCN1C(=O)[C@@H](NC(=O)N[C@H](CNCCCC[SH+](=O)O)C(C)(C)C)C(C)(C)C. The van der Waals surface area contributed by atoms with E-state index < -0.39 is 64.2 Å². The molecule has 6 atom stereocenters. The van der Waals surface area contributed by atoms with Crippen LogP contribution in [0.5, 0.6) is 0 Å². The van der Waals surface area contributed by atoms with E-state index in [9.17, 15) is 28.2 Å². The van der Waals surface area contributed by atoms with Crippen LogP contribution in [0, 0.1) is 16.7 Å². The molecule has 1 rings (SSSR count). The minimum Gasteiger partial charge on any atom is -0.346 e. The van der Waals surface area contributed by atoms with E-state index in [2.05, 4.69) is 33.2 Å². The highest BCUT2D eigenvalue weighted by atomic mass is 32.2. The quantitative estimate of drug-likeness (QED) is 0.0363. The van der Waals surface area contributed by atoms with E-state index in [0.29, 0.717) is 32.4 Å². The van der Waals surface area contributed by atoms with Gasteiger partial charge in [0.1, 0.15) is 17.8 Å². The van der Waals surface area contributed by atoms with Gasteiger partial charge in [-0.05, 0) is 56.9 Å². The second kappa shape index (κ2) is 21.3. The molecule has 1 aliphatic rings. The summed E-state index contributed by atoms with van der Waals surface area (Å²) in [5, 5.41) is 14.5. The van der Waals surface area contributed by atoms with Crippen LogP contribution in [0.4, 0.5) is 4.79 Å². The summed E-state index contributed by atoms with van der Waals surface area (Å²) in [6, 6.07) is -3.81. The Balaban J connectivity index is 3.27. The summed E-state index contributed by atoms with van der Waals surface area (Å²) < 4.78 is 20.0. The summed E-state index contributed by atoms with van der Waals surface area (Å²) in [5.74, 6) is -2.57. The zero-order valence-corrected chi connectivity index (χ0v) is 32.7. The number of ketones is 1. The van der Waals surface area contributed by atoms with Gasteiger partial charge in [-0.25, -0.2) is 4.79 Å². The molecule has 14 heteroatoms. The standard InChI is InChI=1S/C36H64N6O7S/c1-11-13-16-26(29(43)32(45)38-18-12-2)39-31(44)28-25(22-24(3)4)17-20-42(28)33(46)30(36(8,9)10)41-34(47)40-27(35(5,6)7)23-37-19-14-15-21-50(48)49/h12,22,25-28,30,37H,2,11,13-21,23H2,1,3-10H3,(H,38,45)(H,39,44)(H,48,49)(H2,40,41,47)/p+1/t25-,26?,27-,28+,30-/m1/s1. The lowest BCUT2D eigenvalue weighted by molar-refractivity contribution is -0.144. The van der Waals surface area contributed by atoms with Crippen LogP contribution in [0.2, 0.25) is 0 Å². The first-order chi connectivity index (χ1) is 23.2. The number of nitrogens with zero attached hydrogens (tertiary/aromatic N) is 1. The number of carbonyl (C=O) groups is 5. The van der Waals surface area contributed by atoms with E-state index in [-0.39, 0.29) is 42.6 Å². The highest BCUT2D eigenvalue weighted by molar-refractivity contribution is 7.79. The molecule has 6 N–H and O–H groups in total. The van der Waals surface area contributed by atoms with Crippen LogP contribution in [-0.2, 0) is 34.5 Å². The number of hydrogen-bond donors (Lipinski definition) is 6. The summed E-state index contributed by atoms with van der Waals surface area (Å²) in [7, 11) is 0. The molecule has 0 aromatic rings. The van der Waals surface area contributed by atoms with Gasteiger partial charge in [0, 0.05) is 31.6 Å². The van der Waals surface area contributed by atoms with Crippen molar-refractivity contribution in [1.29, 1.82) is 0 Å². The van der Waals surface area contributed by atoms with Crippen molar-refractivity contribution in [1.82, 2.24) is 31.5 Å². The monoisotopic (exact) mass is 725 g/mol. The molecule has 1 heterocycles. The first-order valence-corrected chi connectivity index (χ1v) is 19.2. The Morgan fingerprint density at radius 3 is 2.18 bits per heavy atom. The van der Waals surface area contributed by atoms with Gasteiger partial charge in [-0.1, -0.05) is 83.2 Å². The van der Waals surface area contributed by atoms with Gasteiger partial charge < -0.3 is 31.5 Å². The van der Waals surface area contributed by atoms with Crippen molar-refractivity contribution in [3.63, 3.8) is 0 Å². The molecule has 0 radical (unpaired) electrons. The minimum atomic E-state index is -2.15. The van der Waals surface area contributed by atoms with E-state index in [4.69, 9.17) is 4.55 Å². The molecule has 0 aromatic carbocycles. The third kappa shape index (κ3) is 15.4. The van der Waals surface area contributed by atoms with Crippen molar-refractivity contribution in [2.45, 2.75) is 125 Å². The first kappa shape index (κ1) is 44.9. The lowest BCUT2D eigenvalue weighted by Crippen LogP contribution is -2.62. The van der Waals surface area contributed by atoms with Crippen molar-refractivity contribution >= 4 is 40.6 Å². The average Bonchev–Trinajstić information content (AvgIpc) is 3.42. The van der Waals surface area contributed by atoms with Crippen LogP contribution in [0.1, 0.15) is 101 Å². The molecule has 13 nitrogen and oxygen atoms in total. The van der Waals surface area contributed by atoms with Crippen LogP contribution in [-0.4, -0.2) is 95.1 Å². The number of hydrogen-bond acceptors (Lipinski definition) is 7. The van der Waals surface area contributed by atoms with Gasteiger partial charge in [0.15, 0.2) is 0 Å². The Labute approximate surface area is 302 Å². The van der Waals surface area contributed by atoms with Crippen LogP contribution in [0.15, 0.2) is 24.3 Å². The molecule has 0 aromatic heterocycles. The molecule has 2 unspecified atom stereocenters. The fraction of sp³-hybridized carbons (Fsp3) is 0.750. The smallest absolute Gasteiger partial charge is 0.315 e. The van der Waals surface area contributed by atoms with Crippen molar-refractivity contribution in [2.75, 3.05) is 31.9 Å². The van der Waals surface area contributed by atoms with Crippen molar-refractivity contribution in [3.05, 3.63) is 24.3 Å². The predicted octanol–water partition coefficient (Wildman–Crippen LogP) is 3.38. The lowest BCUT2D eigenvalue weighted by atomic mass is 9.85. The molecular weight excluding hydrogens is 660 g/mol. The van der Waals surface area contributed by atoms with Crippen molar-refractivity contribution in [2.24, 2.45) is 16.7 Å². The molecular formula is C36H65N6O7S+. The van der Waals surface area contributed by atoms with Crippen molar-refractivity contribution < 1.29 is 32.7 Å². The molecule has 1 saturated heterocycles.